The van der Waals surface area contributed by atoms with E-state index in [1.165, 1.54) is 29.3 Å². The van der Waals surface area contributed by atoms with E-state index < -0.39 is 0 Å². The van der Waals surface area contributed by atoms with Gasteiger partial charge < -0.3 is 0 Å². The van der Waals surface area contributed by atoms with E-state index in [0.717, 1.165) is 0 Å². The first-order valence-corrected chi connectivity index (χ1v) is 6.72. The van der Waals surface area contributed by atoms with E-state index in [-0.39, 0.29) is 0 Å². The van der Waals surface area contributed by atoms with Crippen LogP contribution in [0, 0.1) is 10.5 Å². The van der Waals surface area contributed by atoms with Crippen molar-refractivity contribution in [1.82, 2.24) is 0 Å². The van der Waals surface area contributed by atoms with E-state index in [0.29, 0.717) is 0 Å². The van der Waals surface area contributed by atoms with Crippen LogP contribution >= 0.6 is 33.9 Å². The van der Waals surface area contributed by atoms with Crippen LogP contribution in [0.5, 0.6) is 0 Å². The van der Waals surface area contributed by atoms with Gasteiger partial charge in [0.1, 0.15) is 0 Å². The number of halogens is 1. The van der Waals surface area contributed by atoms with Gasteiger partial charge in [0.05, 0.1) is 0 Å². The number of rotatable bonds is 0. The fraction of sp³-hybridized carbons (Fsp3) is 0.0769. The second kappa shape index (κ2) is 3.46. The Morgan fingerprint density at radius 3 is 2.40 bits per heavy atom. The minimum Gasteiger partial charge on any atom is -0.135 e. The van der Waals surface area contributed by atoms with Crippen molar-refractivity contribution in [2.75, 3.05) is 0 Å². The average Bonchev–Trinajstić information content (AvgIpc) is 2.53. The van der Waals surface area contributed by atoms with E-state index in [1.807, 2.05) is 11.3 Å². The summed E-state index contributed by atoms with van der Waals surface area (Å²) < 4.78 is 4.10. The van der Waals surface area contributed by atoms with Gasteiger partial charge in [0.15, 0.2) is 0 Å². The summed E-state index contributed by atoms with van der Waals surface area (Å²) in [7, 11) is 0. The van der Waals surface area contributed by atoms with Crippen molar-refractivity contribution < 1.29 is 0 Å². The van der Waals surface area contributed by atoms with E-state index in [4.69, 9.17) is 0 Å². The minimum atomic E-state index is 1.31. The van der Waals surface area contributed by atoms with Crippen LogP contribution in [-0.4, -0.2) is 0 Å². The van der Waals surface area contributed by atoms with Crippen molar-refractivity contribution in [1.29, 1.82) is 0 Å². The maximum absolute atomic E-state index is 2.37. The van der Waals surface area contributed by atoms with Gasteiger partial charge in [-0.3, -0.25) is 0 Å². The third kappa shape index (κ3) is 1.56. The van der Waals surface area contributed by atoms with E-state index >= 15 is 0 Å². The third-order valence-electron chi connectivity index (χ3n) is 2.59. The predicted molar refractivity (Wildman–Crippen MR) is 76.8 cm³/mol. The van der Waals surface area contributed by atoms with Crippen LogP contribution in [0.25, 0.3) is 20.2 Å². The van der Waals surface area contributed by atoms with Gasteiger partial charge in [-0.15, -0.1) is 11.3 Å². The molecule has 0 nitrogen and oxygen atoms in total. The number of thiophene rings is 1. The molecule has 0 N–H and O–H groups in total. The molecule has 2 aromatic carbocycles. The summed E-state index contributed by atoms with van der Waals surface area (Å²) in [5.41, 5.74) is 1.34. The molecule has 0 amide bonds. The Bertz CT molecular complexity index is 596. The van der Waals surface area contributed by atoms with E-state index in [2.05, 4.69) is 65.9 Å². The Morgan fingerprint density at radius 1 is 0.933 bits per heavy atom. The van der Waals surface area contributed by atoms with Gasteiger partial charge in [-0.1, -0.05) is 18.2 Å². The van der Waals surface area contributed by atoms with Crippen molar-refractivity contribution in [3.8, 4) is 0 Å². The predicted octanol–water partition coefficient (Wildman–Crippen LogP) is 4.97. The highest BCUT2D eigenvalue weighted by Crippen LogP contribution is 2.34. The first-order chi connectivity index (χ1) is 7.24. The average molecular weight is 324 g/mol. The lowest BCUT2D eigenvalue weighted by Crippen LogP contribution is -1.70. The van der Waals surface area contributed by atoms with Crippen LogP contribution in [0.15, 0.2) is 36.4 Å². The molecule has 74 valence electrons. The molecular formula is C13H9IS. The van der Waals surface area contributed by atoms with Gasteiger partial charge in [0, 0.05) is 23.7 Å². The zero-order valence-corrected chi connectivity index (χ0v) is 11.2. The normalized spacial score (nSPS) is 11.3. The third-order valence-corrected chi connectivity index (χ3v) is 4.38. The standard InChI is InChI=1S/C13H9IS/c1-8-2-4-10-11-5-3-9(14)7-13(11)15-12(10)6-8/h2-7H,1H3. The van der Waals surface area contributed by atoms with Crippen LogP contribution in [0.2, 0.25) is 0 Å². The monoisotopic (exact) mass is 324 g/mol. The molecule has 0 atom stereocenters. The Morgan fingerprint density at radius 2 is 1.60 bits per heavy atom. The van der Waals surface area contributed by atoms with Crippen LogP contribution in [0.4, 0.5) is 0 Å². The van der Waals surface area contributed by atoms with Gasteiger partial charge in [-0.05, 0) is 53.3 Å². The molecule has 0 aliphatic heterocycles. The Kier molecular flexibility index (Phi) is 2.21. The van der Waals surface area contributed by atoms with Crippen molar-refractivity contribution in [3.05, 3.63) is 45.5 Å². The highest BCUT2D eigenvalue weighted by Gasteiger charge is 2.04. The molecule has 0 aliphatic carbocycles. The molecule has 0 spiro atoms. The maximum Gasteiger partial charge on any atom is 0.0365 e. The molecule has 1 aromatic heterocycles. The number of benzene rings is 2. The zero-order chi connectivity index (χ0) is 10.4. The van der Waals surface area contributed by atoms with Gasteiger partial charge in [-0.2, -0.15) is 0 Å². The number of hydrogen-bond acceptors (Lipinski definition) is 1. The number of fused-ring (bicyclic) bond motifs is 3. The second-order valence-corrected chi connectivity index (χ2v) is 6.07. The van der Waals surface area contributed by atoms with E-state index in [9.17, 15) is 0 Å². The molecule has 0 radical (unpaired) electrons. The highest BCUT2D eigenvalue weighted by atomic mass is 127. The quantitative estimate of drug-likeness (QED) is 0.512. The summed E-state index contributed by atoms with van der Waals surface area (Å²) in [6.07, 6.45) is 0. The second-order valence-electron chi connectivity index (χ2n) is 3.74. The van der Waals surface area contributed by atoms with Crippen LogP contribution < -0.4 is 0 Å². The van der Waals surface area contributed by atoms with Gasteiger partial charge in [0.25, 0.3) is 0 Å². The molecule has 0 bridgehead atoms. The van der Waals surface area contributed by atoms with Crippen LogP contribution in [0.3, 0.4) is 0 Å². The Hall–Kier alpha value is -0.610. The first kappa shape index (κ1) is 9.60. The van der Waals surface area contributed by atoms with Crippen molar-refractivity contribution in [2.45, 2.75) is 6.92 Å². The highest BCUT2D eigenvalue weighted by molar-refractivity contribution is 14.1. The number of hydrogen-bond donors (Lipinski definition) is 0. The van der Waals surface area contributed by atoms with Crippen molar-refractivity contribution in [3.63, 3.8) is 0 Å². The minimum absolute atomic E-state index is 1.31. The summed E-state index contributed by atoms with van der Waals surface area (Å²) in [4.78, 5) is 0. The summed E-state index contributed by atoms with van der Waals surface area (Å²) in [6, 6.07) is 13.4. The first-order valence-electron chi connectivity index (χ1n) is 4.82. The molecule has 0 unspecified atom stereocenters. The van der Waals surface area contributed by atoms with Gasteiger partial charge in [-0.25, -0.2) is 0 Å². The summed E-state index contributed by atoms with van der Waals surface area (Å²) in [6.45, 7) is 2.15. The smallest absolute Gasteiger partial charge is 0.0365 e. The Labute approximate surface area is 106 Å². The van der Waals surface area contributed by atoms with Gasteiger partial charge >= 0.3 is 0 Å². The topological polar surface area (TPSA) is 0 Å². The molecule has 15 heavy (non-hydrogen) atoms. The lowest BCUT2D eigenvalue weighted by molar-refractivity contribution is 1.52. The Balaban J connectivity index is 2.51. The molecule has 2 heteroatoms. The largest absolute Gasteiger partial charge is 0.135 e. The maximum atomic E-state index is 2.37. The molecule has 3 rings (SSSR count). The van der Waals surface area contributed by atoms with E-state index in [1.54, 1.807) is 0 Å². The fourth-order valence-corrected chi connectivity index (χ4v) is 3.80. The zero-order valence-electron chi connectivity index (χ0n) is 8.25. The number of aryl methyl sites for hydroxylation is 1. The lowest BCUT2D eigenvalue weighted by atomic mass is 10.1. The molecule has 0 saturated heterocycles. The summed E-state index contributed by atoms with van der Waals surface area (Å²) in [5, 5.41) is 2.77. The summed E-state index contributed by atoms with van der Waals surface area (Å²) >= 11 is 4.25. The van der Waals surface area contributed by atoms with Crippen molar-refractivity contribution >= 4 is 54.1 Å². The lowest BCUT2D eigenvalue weighted by Gasteiger charge is -1.93. The van der Waals surface area contributed by atoms with Gasteiger partial charge in [0.2, 0.25) is 0 Å². The SMILES string of the molecule is Cc1ccc2c(c1)sc1cc(I)ccc12. The molecule has 0 aliphatic rings. The van der Waals surface area contributed by atoms with Crippen molar-refractivity contribution in [2.24, 2.45) is 0 Å². The van der Waals surface area contributed by atoms with Crippen LogP contribution in [-0.2, 0) is 0 Å². The molecule has 0 saturated carbocycles. The molecule has 3 aromatic rings. The fourth-order valence-electron chi connectivity index (χ4n) is 1.86. The molecular weight excluding hydrogens is 315 g/mol. The van der Waals surface area contributed by atoms with Crippen LogP contribution in [0.1, 0.15) is 5.56 Å². The summed E-state index contributed by atoms with van der Waals surface area (Å²) in [5.74, 6) is 0. The molecule has 0 fully saturated rings. The molecule has 1 heterocycles.